The number of hydrazine groups is 1. The van der Waals surface area contributed by atoms with E-state index in [9.17, 15) is 4.79 Å². The Kier molecular flexibility index (Phi) is 4.37. The van der Waals surface area contributed by atoms with Crippen LogP contribution in [0.3, 0.4) is 0 Å². The Bertz CT molecular complexity index is 684. The zero-order chi connectivity index (χ0) is 16.6. The van der Waals surface area contributed by atoms with Gasteiger partial charge in [-0.15, -0.1) is 16.4 Å². The summed E-state index contributed by atoms with van der Waals surface area (Å²) in [6.07, 6.45) is 1.20. The molecule has 0 bridgehead atoms. The number of hydrogen-bond acceptors (Lipinski definition) is 8. The molecule has 1 aliphatic heterocycles. The molecule has 10 heteroatoms. The molecular formula is C13H20N8OS. The van der Waals surface area contributed by atoms with E-state index in [0.29, 0.717) is 6.54 Å². The maximum absolute atomic E-state index is 12.9. The number of hydrogen-bond donors (Lipinski definition) is 2. The molecule has 3 rings (SSSR count). The highest BCUT2D eigenvalue weighted by molar-refractivity contribution is 7.11. The molecule has 1 aliphatic rings. The van der Waals surface area contributed by atoms with Crippen LogP contribution in [0.4, 0.5) is 0 Å². The van der Waals surface area contributed by atoms with Gasteiger partial charge in [-0.05, 0) is 31.2 Å². The van der Waals surface area contributed by atoms with Crippen LogP contribution in [0.2, 0.25) is 0 Å². The minimum absolute atomic E-state index is 0.0283. The molecule has 0 radical (unpaired) electrons. The van der Waals surface area contributed by atoms with E-state index >= 15 is 0 Å². The van der Waals surface area contributed by atoms with Crippen LogP contribution >= 0.6 is 11.3 Å². The summed E-state index contributed by atoms with van der Waals surface area (Å²) in [6, 6.07) is -0.0810. The summed E-state index contributed by atoms with van der Waals surface area (Å²) >= 11 is 1.65. The fourth-order valence-electron chi connectivity index (χ4n) is 2.82. The molecule has 2 aromatic heterocycles. The second-order valence-electron chi connectivity index (χ2n) is 5.67. The van der Waals surface area contributed by atoms with Crippen molar-refractivity contribution in [1.82, 2.24) is 40.9 Å². The van der Waals surface area contributed by atoms with E-state index < -0.39 is 0 Å². The lowest BCUT2D eigenvalue weighted by atomic mass is 10.0. The van der Waals surface area contributed by atoms with Gasteiger partial charge in [0.2, 0.25) is 5.91 Å². The Morgan fingerprint density at radius 2 is 2.30 bits per heavy atom. The van der Waals surface area contributed by atoms with E-state index in [1.54, 1.807) is 20.9 Å². The summed E-state index contributed by atoms with van der Waals surface area (Å²) in [5.41, 5.74) is 7.02. The van der Waals surface area contributed by atoms with Crippen molar-refractivity contribution in [3.63, 3.8) is 0 Å². The maximum Gasteiger partial charge on any atom is 0.230 e. The summed E-state index contributed by atoms with van der Waals surface area (Å²) in [5.74, 6) is -0.258. The van der Waals surface area contributed by atoms with Gasteiger partial charge in [-0.1, -0.05) is 0 Å². The molecule has 124 valence electrons. The Morgan fingerprint density at radius 3 is 2.91 bits per heavy atom. The monoisotopic (exact) mass is 336 g/mol. The summed E-state index contributed by atoms with van der Waals surface area (Å²) in [6.45, 7) is 6.54. The Labute approximate surface area is 138 Å². The maximum atomic E-state index is 12.9. The quantitative estimate of drug-likeness (QED) is 0.822. The fourth-order valence-corrected chi connectivity index (χ4v) is 3.73. The molecule has 0 aliphatic carbocycles. The van der Waals surface area contributed by atoms with Crippen molar-refractivity contribution in [1.29, 1.82) is 0 Å². The number of rotatable bonds is 4. The number of carbonyl (C=O) groups excluding carboxylic acids is 1. The number of carbonyl (C=O) groups is 1. The highest BCUT2D eigenvalue weighted by Gasteiger charge is 2.38. The number of aromatic nitrogens is 5. The predicted octanol–water partition coefficient (Wildman–Crippen LogP) is 0.189. The fraction of sp³-hybridized carbons (Fsp3) is 0.615. The van der Waals surface area contributed by atoms with Gasteiger partial charge < -0.3 is 4.90 Å². The van der Waals surface area contributed by atoms with E-state index in [1.165, 1.54) is 6.33 Å². The SMILES string of the molecule is Cc1nc(C(C)N(C)C(=O)C2CNNC2n2cnnn2)c(C)s1. The van der Waals surface area contributed by atoms with Crippen molar-refractivity contribution >= 4 is 17.2 Å². The van der Waals surface area contributed by atoms with Gasteiger partial charge >= 0.3 is 0 Å². The molecule has 2 N–H and O–H groups in total. The van der Waals surface area contributed by atoms with Gasteiger partial charge in [0.25, 0.3) is 0 Å². The molecular weight excluding hydrogens is 316 g/mol. The van der Waals surface area contributed by atoms with Crippen molar-refractivity contribution in [2.75, 3.05) is 13.6 Å². The van der Waals surface area contributed by atoms with Gasteiger partial charge in [0.1, 0.15) is 12.5 Å². The molecule has 2 aromatic rings. The predicted molar refractivity (Wildman–Crippen MR) is 84.3 cm³/mol. The topological polar surface area (TPSA) is 101 Å². The molecule has 3 unspecified atom stereocenters. The summed E-state index contributed by atoms with van der Waals surface area (Å²) < 4.78 is 1.55. The summed E-state index contributed by atoms with van der Waals surface area (Å²) in [4.78, 5) is 20.4. The molecule has 1 saturated heterocycles. The standard InChI is InChI=1S/C13H20N8OS/c1-7(11-8(2)23-9(3)16-11)20(4)13(22)10-5-14-17-12(10)21-6-15-18-19-21/h6-7,10,12,14,17H,5H2,1-4H3. The largest absolute Gasteiger partial charge is 0.337 e. The highest BCUT2D eigenvalue weighted by Crippen LogP contribution is 2.28. The molecule has 0 saturated carbocycles. The van der Waals surface area contributed by atoms with Crippen LogP contribution in [0, 0.1) is 19.8 Å². The van der Waals surface area contributed by atoms with Crippen LogP contribution < -0.4 is 10.9 Å². The Morgan fingerprint density at radius 1 is 1.52 bits per heavy atom. The van der Waals surface area contributed by atoms with Crippen molar-refractivity contribution in [3.8, 4) is 0 Å². The highest BCUT2D eigenvalue weighted by atomic mass is 32.1. The number of nitrogens with one attached hydrogen (secondary N) is 2. The number of nitrogens with zero attached hydrogens (tertiary/aromatic N) is 6. The smallest absolute Gasteiger partial charge is 0.230 e. The lowest BCUT2D eigenvalue weighted by Crippen LogP contribution is -2.40. The number of tetrazole rings is 1. The third kappa shape index (κ3) is 2.96. The zero-order valence-corrected chi connectivity index (χ0v) is 14.3. The van der Waals surface area contributed by atoms with Crippen molar-refractivity contribution in [2.45, 2.75) is 33.0 Å². The number of aryl methyl sites for hydroxylation is 2. The van der Waals surface area contributed by atoms with Crippen LogP contribution in [0.25, 0.3) is 0 Å². The first-order valence-electron chi connectivity index (χ1n) is 7.40. The van der Waals surface area contributed by atoms with Gasteiger partial charge in [0, 0.05) is 18.5 Å². The van der Waals surface area contributed by atoms with Crippen LogP contribution in [0.5, 0.6) is 0 Å². The van der Waals surface area contributed by atoms with Crippen LogP contribution in [0.15, 0.2) is 6.33 Å². The van der Waals surface area contributed by atoms with Crippen LogP contribution in [-0.4, -0.2) is 49.6 Å². The molecule has 0 spiro atoms. The second kappa shape index (κ2) is 6.30. The summed E-state index contributed by atoms with van der Waals surface area (Å²) in [7, 11) is 1.82. The average molecular weight is 336 g/mol. The van der Waals surface area contributed by atoms with Gasteiger partial charge in [0.05, 0.1) is 22.7 Å². The number of amides is 1. The molecule has 3 heterocycles. The lowest BCUT2D eigenvalue weighted by Gasteiger charge is -2.28. The second-order valence-corrected chi connectivity index (χ2v) is 7.07. The van der Waals surface area contributed by atoms with E-state index in [1.807, 2.05) is 27.8 Å². The van der Waals surface area contributed by atoms with Gasteiger partial charge in [-0.3, -0.25) is 10.2 Å². The summed E-state index contributed by atoms with van der Waals surface area (Å²) in [5, 5.41) is 12.2. The first kappa shape index (κ1) is 16.0. The molecule has 3 atom stereocenters. The van der Waals surface area contributed by atoms with Gasteiger partial charge in [-0.2, -0.15) is 0 Å². The van der Waals surface area contributed by atoms with Crippen molar-refractivity contribution in [3.05, 3.63) is 21.9 Å². The van der Waals surface area contributed by atoms with Gasteiger partial charge in [0.15, 0.2) is 0 Å². The minimum Gasteiger partial charge on any atom is -0.337 e. The van der Waals surface area contributed by atoms with Crippen molar-refractivity contribution in [2.24, 2.45) is 5.92 Å². The van der Waals surface area contributed by atoms with E-state index in [-0.39, 0.29) is 24.0 Å². The third-order valence-electron chi connectivity index (χ3n) is 4.18. The molecule has 23 heavy (non-hydrogen) atoms. The normalized spacial score (nSPS) is 22.3. The first-order chi connectivity index (χ1) is 11.0. The zero-order valence-electron chi connectivity index (χ0n) is 13.5. The Balaban J connectivity index is 1.77. The number of thiazole rings is 1. The third-order valence-corrected chi connectivity index (χ3v) is 5.09. The lowest BCUT2D eigenvalue weighted by molar-refractivity contribution is -0.137. The average Bonchev–Trinajstić information content (AvgIpc) is 3.24. The van der Waals surface area contributed by atoms with Crippen LogP contribution in [0.1, 0.15) is 34.7 Å². The molecule has 1 amide bonds. The minimum atomic E-state index is -0.301. The van der Waals surface area contributed by atoms with E-state index in [4.69, 9.17) is 0 Å². The molecule has 9 nitrogen and oxygen atoms in total. The van der Waals surface area contributed by atoms with Crippen LogP contribution in [-0.2, 0) is 4.79 Å². The Hall–Kier alpha value is -1.91. The van der Waals surface area contributed by atoms with Crippen molar-refractivity contribution < 1.29 is 4.79 Å². The molecule has 0 aromatic carbocycles. The first-order valence-corrected chi connectivity index (χ1v) is 8.22. The molecule has 1 fully saturated rings. The van der Waals surface area contributed by atoms with E-state index in [0.717, 1.165) is 15.6 Å². The van der Waals surface area contributed by atoms with Gasteiger partial charge in [-0.25, -0.2) is 15.1 Å². The van der Waals surface area contributed by atoms with E-state index in [2.05, 4.69) is 31.4 Å².